The van der Waals surface area contributed by atoms with Gasteiger partial charge in [0, 0.05) is 24.7 Å². The van der Waals surface area contributed by atoms with Crippen molar-refractivity contribution in [2.75, 3.05) is 33.4 Å². The lowest BCUT2D eigenvalue weighted by atomic mass is 10.1. The smallest absolute Gasteiger partial charge is 0.265 e. The number of aromatic nitrogens is 2. The number of nitrogens with one attached hydrogen (secondary N) is 1. The van der Waals surface area contributed by atoms with Gasteiger partial charge in [0.1, 0.15) is 24.8 Å². The Bertz CT molecular complexity index is 1250. The number of rotatable bonds is 6. The molecule has 2 aliphatic rings. The van der Waals surface area contributed by atoms with Crippen LogP contribution in [0, 0.1) is 6.92 Å². The third kappa shape index (κ3) is 4.77. The van der Waals surface area contributed by atoms with Crippen LogP contribution in [0.25, 0.3) is 16.6 Å². The summed E-state index contributed by atoms with van der Waals surface area (Å²) in [6.45, 7) is 4.75. The average Bonchev–Trinajstić information content (AvgIpc) is 3.63. The molecule has 8 nitrogen and oxygen atoms in total. The lowest BCUT2D eigenvalue weighted by molar-refractivity contribution is -0.0403. The van der Waals surface area contributed by atoms with E-state index >= 15 is 0 Å². The lowest BCUT2D eigenvalue weighted by Crippen LogP contribution is -2.42. The van der Waals surface area contributed by atoms with Gasteiger partial charge in [-0.05, 0) is 62.7 Å². The van der Waals surface area contributed by atoms with Crippen molar-refractivity contribution in [2.24, 2.45) is 0 Å². The number of fused-ring (bicyclic) bond motifs is 1. The summed E-state index contributed by atoms with van der Waals surface area (Å²) in [6.07, 6.45) is 3.55. The molecular weight excluding hydrogens is 420 g/mol. The first kappa shape index (κ1) is 21.6. The highest BCUT2D eigenvalue weighted by molar-refractivity contribution is 5.95. The first-order chi connectivity index (χ1) is 16.0. The number of ether oxygens (including phenoxy) is 2. The maximum Gasteiger partial charge on any atom is 0.265 e. The Morgan fingerprint density at radius 1 is 1.24 bits per heavy atom. The molecule has 2 aromatic carbocycles. The number of carbonyl (C=O) groups is 1. The molecule has 1 aliphatic carbocycles. The van der Waals surface area contributed by atoms with E-state index in [-0.39, 0.29) is 23.6 Å². The van der Waals surface area contributed by atoms with E-state index in [1.54, 1.807) is 24.3 Å². The Kier molecular flexibility index (Phi) is 5.86. The zero-order valence-electron chi connectivity index (χ0n) is 18.9. The molecule has 0 spiro atoms. The quantitative estimate of drug-likeness (QED) is 0.623. The van der Waals surface area contributed by atoms with Gasteiger partial charge in [-0.3, -0.25) is 14.2 Å². The molecule has 5 rings (SSSR count). The van der Waals surface area contributed by atoms with E-state index in [0.717, 1.165) is 31.5 Å². The zero-order chi connectivity index (χ0) is 22.9. The van der Waals surface area contributed by atoms with Crippen molar-refractivity contribution in [1.29, 1.82) is 0 Å². The van der Waals surface area contributed by atoms with Gasteiger partial charge in [0.05, 0.1) is 23.2 Å². The van der Waals surface area contributed by atoms with Gasteiger partial charge in [-0.1, -0.05) is 6.07 Å². The number of amides is 1. The van der Waals surface area contributed by atoms with E-state index in [9.17, 15) is 9.59 Å². The topological polar surface area (TPSA) is 85.7 Å². The fourth-order valence-corrected chi connectivity index (χ4v) is 4.03. The van der Waals surface area contributed by atoms with E-state index in [0.29, 0.717) is 41.1 Å². The number of morpholine rings is 1. The predicted molar refractivity (Wildman–Crippen MR) is 125 cm³/mol. The molecule has 1 saturated heterocycles. The molecule has 1 aliphatic heterocycles. The monoisotopic (exact) mass is 448 g/mol. The molecule has 1 amide bonds. The van der Waals surface area contributed by atoms with Gasteiger partial charge < -0.3 is 19.7 Å². The standard InChI is InChI=1S/C25H28N4O4/c1-16-3-4-17(24(30)27-18-5-6-18)11-23(16)29-15-26-22-8-7-19(12-21(22)25(29)31)33-14-20-13-28(2)9-10-32-20/h3-4,7-8,11-12,15,18,20H,5-6,9-10,13-14H2,1-2H3,(H,27,30). The lowest BCUT2D eigenvalue weighted by Gasteiger charge is -2.29. The van der Waals surface area contributed by atoms with Crippen LogP contribution in [0.5, 0.6) is 5.75 Å². The maximum atomic E-state index is 13.4. The van der Waals surface area contributed by atoms with Crippen molar-refractivity contribution in [3.63, 3.8) is 0 Å². The molecule has 0 bridgehead atoms. The summed E-state index contributed by atoms with van der Waals surface area (Å²) in [5, 5.41) is 3.45. The number of carbonyl (C=O) groups excluding carboxylic acids is 1. The molecule has 172 valence electrons. The van der Waals surface area contributed by atoms with Crippen molar-refractivity contribution in [2.45, 2.75) is 31.9 Å². The molecule has 8 heteroatoms. The largest absolute Gasteiger partial charge is 0.491 e. The fraction of sp³-hybridized carbons (Fsp3) is 0.400. The summed E-state index contributed by atoms with van der Waals surface area (Å²) in [5.41, 5.74) is 2.44. The van der Waals surface area contributed by atoms with Crippen LogP contribution in [0.15, 0.2) is 47.5 Å². The van der Waals surface area contributed by atoms with Crippen LogP contribution in [0.4, 0.5) is 0 Å². The zero-order valence-corrected chi connectivity index (χ0v) is 18.9. The van der Waals surface area contributed by atoms with E-state index in [2.05, 4.69) is 22.2 Å². The molecule has 2 fully saturated rings. The minimum Gasteiger partial charge on any atom is -0.491 e. The van der Waals surface area contributed by atoms with Crippen LogP contribution in [0.2, 0.25) is 0 Å². The third-order valence-corrected chi connectivity index (χ3v) is 6.15. The van der Waals surface area contributed by atoms with Gasteiger partial charge in [-0.2, -0.15) is 0 Å². The SMILES string of the molecule is Cc1ccc(C(=O)NC2CC2)cc1-n1cnc2ccc(OCC3CN(C)CCO3)cc2c1=O. The Morgan fingerprint density at radius 2 is 2.09 bits per heavy atom. The Balaban J connectivity index is 1.42. The Labute approximate surface area is 192 Å². The number of likely N-dealkylation sites (N-methyl/N-ethyl adjacent to an activating group) is 1. The van der Waals surface area contributed by atoms with Crippen molar-refractivity contribution in [1.82, 2.24) is 19.8 Å². The molecule has 0 radical (unpaired) electrons. The van der Waals surface area contributed by atoms with E-state index in [4.69, 9.17) is 9.47 Å². The average molecular weight is 449 g/mol. The molecule has 2 heterocycles. The van der Waals surface area contributed by atoms with Crippen LogP contribution in [0.3, 0.4) is 0 Å². The van der Waals surface area contributed by atoms with Crippen molar-refractivity contribution in [3.8, 4) is 11.4 Å². The summed E-state index contributed by atoms with van der Waals surface area (Å²) in [5.74, 6) is 0.483. The minimum atomic E-state index is -0.207. The van der Waals surface area contributed by atoms with Crippen LogP contribution in [-0.4, -0.2) is 65.9 Å². The first-order valence-electron chi connectivity index (χ1n) is 11.3. The molecule has 33 heavy (non-hydrogen) atoms. The summed E-state index contributed by atoms with van der Waals surface area (Å²) >= 11 is 0. The molecule has 1 N–H and O–H groups in total. The van der Waals surface area contributed by atoms with Crippen molar-refractivity contribution in [3.05, 3.63) is 64.2 Å². The van der Waals surface area contributed by atoms with Crippen LogP contribution in [-0.2, 0) is 4.74 Å². The highest BCUT2D eigenvalue weighted by Gasteiger charge is 2.24. The van der Waals surface area contributed by atoms with Gasteiger partial charge in [0.2, 0.25) is 0 Å². The summed E-state index contributed by atoms with van der Waals surface area (Å²) in [4.78, 5) is 32.6. The number of aryl methyl sites for hydroxylation is 1. The van der Waals surface area contributed by atoms with Gasteiger partial charge >= 0.3 is 0 Å². The van der Waals surface area contributed by atoms with E-state index in [1.807, 2.05) is 19.1 Å². The van der Waals surface area contributed by atoms with Gasteiger partial charge in [0.25, 0.3) is 11.5 Å². The van der Waals surface area contributed by atoms with Crippen molar-refractivity contribution < 1.29 is 14.3 Å². The summed E-state index contributed by atoms with van der Waals surface area (Å²) < 4.78 is 13.2. The fourth-order valence-electron chi connectivity index (χ4n) is 4.03. The Morgan fingerprint density at radius 3 is 2.88 bits per heavy atom. The van der Waals surface area contributed by atoms with E-state index in [1.165, 1.54) is 10.9 Å². The number of hydrogen-bond acceptors (Lipinski definition) is 6. The highest BCUT2D eigenvalue weighted by Crippen LogP contribution is 2.22. The normalized spacial score (nSPS) is 18.9. The molecular formula is C25H28N4O4. The maximum absolute atomic E-state index is 13.4. The predicted octanol–water partition coefficient (Wildman–Crippen LogP) is 2.30. The summed E-state index contributed by atoms with van der Waals surface area (Å²) in [7, 11) is 2.06. The van der Waals surface area contributed by atoms with Crippen LogP contribution in [0.1, 0.15) is 28.8 Å². The molecule has 1 atom stereocenters. The van der Waals surface area contributed by atoms with Gasteiger partial charge in [0.15, 0.2) is 0 Å². The van der Waals surface area contributed by atoms with Crippen LogP contribution >= 0.6 is 0 Å². The third-order valence-electron chi connectivity index (χ3n) is 6.15. The van der Waals surface area contributed by atoms with Gasteiger partial charge in [-0.25, -0.2) is 4.98 Å². The molecule has 1 saturated carbocycles. The first-order valence-corrected chi connectivity index (χ1v) is 11.3. The second kappa shape index (κ2) is 8.96. The summed E-state index contributed by atoms with van der Waals surface area (Å²) in [6, 6.07) is 11.0. The molecule has 1 unspecified atom stereocenters. The minimum absolute atomic E-state index is 0.00261. The van der Waals surface area contributed by atoms with Crippen molar-refractivity contribution >= 4 is 16.8 Å². The number of benzene rings is 2. The van der Waals surface area contributed by atoms with Crippen LogP contribution < -0.4 is 15.6 Å². The van der Waals surface area contributed by atoms with E-state index < -0.39 is 0 Å². The highest BCUT2D eigenvalue weighted by atomic mass is 16.5. The Hall–Kier alpha value is -3.23. The van der Waals surface area contributed by atoms with Gasteiger partial charge in [-0.15, -0.1) is 0 Å². The number of nitrogens with zero attached hydrogens (tertiary/aromatic N) is 3. The second-order valence-corrected chi connectivity index (χ2v) is 8.91. The molecule has 3 aromatic rings. The second-order valence-electron chi connectivity index (χ2n) is 8.91. The number of hydrogen-bond donors (Lipinski definition) is 1. The molecule has 1 aromatic heterocycles.